The summed E-state index contributed by atoms with van der Waals surface area (Å²) in [7, 11) is 0. The number of carbonyl (C=O) groups is 2. The summed E-state index contributed by atoms with van der Waals surface area (Å²) in [6, 6.07) is 28.6. The molecular weight excluding hydrogens is 540 g/mol. The monoisotopic (exact) mass is 580 g/mol. The van der Waals surface area contributed by atoms with Crippen LogP contribution in [-0.2, 0) is 0 Å². The highest BCUT2D eigenvalue weighted by molar-refractivity contribution is 6.05. The molecule has 224 valence electrons. The topological polar surface area (TPSA) is 85.9 Å². The summed E-state index contributed by atoms with van der Waals surface area (Å²) in [5.74, 6) is 3.27. The number of hydrogen-bond acceptors (Lipinski definition) is 5. The van der Waals surface area contributed by atoms with Gasteiger partial charge in [0.2, 0.25) is 0 Å². The normalized spacial score (nSPS) is 10.8. The molecule has 0 fully saturated rings. The minimum Gasteiger partial charge on any atom is -0.494 e. The molecule has 0 saturated heterocycles. The molecular formula is C36H40N2O5. The van der Waals surface area contributed by atoms with Crippen molar-refractivity contribution in [2.24, 2.45) is 11.8 Å². The van der Waals surface area contributed by atoms with Crippen molar-refractivity contribution in [3.8, 4) is 23.0 Å². The van der Waals surface area contributed by atoms with Crippen LogP contribution in [0.1, 0.15) is 61.3 Å². The molecule has 4 aromatic carbocycles. The first-order valence-corrected chi connectivity index (χ1v) is 14.7. The van der Waals surface area contributed by atoms with Crippen LogP contribution in [0.15, 0.2) is 97.1 Å². The van der Waals surface area contributed by atoms with Gasteiger partial charge < -0.3 is 24.8 Å². The van der Waals surface area contributed by atoms with E-state index in [9.17, 15) is 9.59 Å². The third-order valence-electron chi connectivity index (χ3n) is 6.58. The van der Waals surface area contributed by atoms with Gasteiger partial charge in [0.25, 0.3) is 11.8 Å². The van der Waals surface area contributed by atoms with Crippen molar-refractivity contribution in [1.82, 2.24) is 0 Å². The maximum Gasteiger partial charge on any atom is 0.255 e. The predicted molar refractivity (Wildman–Crippen MR) is 172 cm³/mol. The Balaban J connectivity index is 1.27. The number of ether oxygens (including phenoxy) is 3. The molecule has 2 amide bonds. The molecule has 0 aliphatic carbocycles. The zero-order valence-electron chi connectivity index (χ0n) is 25.3. The van der Waals surface area contributed by atoms with Gasteiger partial charge in [-0.15, -0.1) is 0 Å². The van der Waals surface area contributed by atoms with E-state index in [4.69, 9.17) is 14.2 Å². The molecule has 0 aromatic heterocycles. The first kappa shape index (κ1) is 31.2. The van der Waals surface area contributed by atoms with Crippen LogP contribution in [0.4, 0.5) is 11.4 Å². The maximum atomic E-state index is 12.8. The van der Waals surface area contributed by atoms with E-state index in [1.165, 1.54) is 0 Å². The van der Waals surface area contributed by atoms with E-state index in [0.717, 1.165) is 12.8 Å². The lowest BCUT2D eigenvalue weighted by molar-refractivity contribution is 0.101. The van der Waals surface area contributed by atoms with Gasteiger partial charge in [0, 0.05) is 22.5 Å². The standard InChI is InChI=1S/C36H40N2O5/c1-25(2)19-21-41-33-9-5-7-27(23-33)35(39)37-29-11-15-31(16-12-29)43-32-17-13-30(14-18-32)38-36(40)28-8-6-10-34(24-28)42-22-20-26(3)4/h5-18,23-26H,19-22H2,1-4H3,(H,37,39)(H,38,40). The molecule has 0 bridgehead atoms. The Morgan fingerprint density at radius 3 is 1.33 bits per heavy atom. The highest BCUT2D eigenvalue weighted by Gasteiger charge is 2.10. The lowest BCUT2D eigenvalue weighted by atomic mass is 10.1. The molecule has 0 unspecified atom stereocenters. The minimum atomic E-state index is -0.217. The molecule has 7 heteroatoms. The molecule has 0 atom stereocenters. The second-order valence-corrected chi connectivity index (χ2v) is 11.2. The second-order valence-electron chi connectivity index (χ2n) is 11.2. The lowest BCUT2D eigenvalue weighted by Crippen LogP contribution is -2.12. The highest BCUT2D eigenvalue weighted by atomic mass is 16.5. The molecule has 7 nitrogen and oxygen atoms in total. The molecule has 4 rings (SSSR count). The van der Waals surface area contributed by atoms with Crippen LogP contribution >= 0.6 is 0 Å². The first-order valence-electron chi connectivity index (χ1n) is 14.7. The molecule has 4 aromatic rings. The first-order chi connectivity index (χ1) is 20.7. The summed E-state index contributed by atoms with van der Waals surface area (Å²) in [5, 5.41) is 5.82. The van der Waals surface area contributed by atoms with E-state index in [2.05, 4.69) is 38.3 Å². The van der Waals surface area contributed by atoms with Crippen molar-refractivity contribution >= 4 is 23.2 Å². The van der Waals surface area contributed by atoms with E-state index in [1.54, 1.807) is 72.8 Å². The zero-order chi connectivity index (χ0) is 30.6. The Kier molecular flexibility index (Phi) is 11.2. The Morgan fingerprint density at radius 2 is 0.953 bits per heavy atom. The second kappa shape index (κ2) is 15.4. The van der Waals surface area contributed by atoms with Gasteiger partial charge in [-0.1, -0.05) is 39.8 Å². The SMILES string of the molecule is CC(C)CCOc1cccc(C(=O)Nc2ccc(Oc3ccc(NC(=O)c4cccc(OCCC(C)C)c4)cc3)cc2)c1. The zero-order valence-corrected chi connectivity index (χ0v) is 25.3. The third-order valence-corrected chi connectivity index (χ3v) is 6.58. The van der Waals surface area contributed by atoms with Crippen LogP contribution in [-0.4, -0.2) is 25.0 Å². The van der Waals surface area contributed by atoms with E-state index in [1.807, 2.05) is 24.3 Å². The highest BCUT2D eigenvalue weighted by Crippen LogP contribution is 2.25. The van der Waals surface area contributed by atoms with E-state index in [0.29, 0.717) is 70.5 Å². The van der Waals surface area contributed by atoms with E-state index in [-0.39, 0.29) is 11.8 Å². The average Bonchev–Trinajstić information content (AvgIpc) is 2.99. The fourth-order valence-corrected chi connectivity index (χ4v) is 4.03. The van der Waals surface area contributed by atoms with E-state index < -0.39 is 0 Å². The number of anilines is 2. The van der Waals surface area contributed by atoms with Gasteiger partial charge in [-0.3, -0.25) is 9.59 Å². The van der Waals surface area contributed by atoms with Gasteiger partial charge in [0.15, 0.2) is 0 Å². The molecule has 0 radical (unpaired) electrons. The Morgan fingerprint density at radius 1 is 0.558 bits per heavy atom. The van der Waals surface area contributed by atoms with Gasteiger partial charge in [0.05, 0.1) is 13.2 Å². The lowest BCUT2D eigenvalue weighted by Gasteiger charge is -2.11. The fraction of sp³-hybridized carbons (Fsp3) is 0.278. The summed E-state index contributed by atoms with van der Waals surface area (Å²) in [6.45, 7) is 9.82. The molecule has 0 aliphatic rings. The summed E-state index contributed by atoms with van der Waals surface area (Å²) in [4.78, 5) is 25.5. The molecule has 0 spiro atoms. The summed E-state index contributed by atoms with van der Waals surface area (Å²) < 4.78 is 17.5. The number of nitrogens with one attached hydrogen (secondary N) is 2. The third kappa shape index (κ3) is 10.2. The molecule has 0 aliphatic heterocycles. The Bertz CT molecular complexity index is 1370. The van der Waals surface area contributed by atoms with Crippen LogP contribution in [0.25, 0.3) is 0 Å². The molecule has 43 heavy (non-hydrogen) atoms. The summed E-state index contributed by atoms with van der Waals surface area (Å²) in [5.41, 5.74) is 2.35. The van der Waals surface area contributed by atoms with Crippen LogP contribution < -0.4 is 24.8 Å². The van der Waals surface area contributed by atoms with Gasteiger partial charge in [0.1, 0.15) is 23.0 Å². The van der Waals surface area contributed by atoms with Crippen LogP contribution in [0.2, 0.25) is 0 Å². The number of benzene rings is 4. The maximum absolute atomic E-state index is 12.8. The van der Waals surface area contributed by atoms with Crippen molar-refractivity contribution in [2.75, 3.05) is 23.8 Å². The quantitative estimate of drug-likeness (QED) is 0.156. The molecule has 0 heterocycles. The van der Waals surface area contributed by atoms with Crippen molar-refractivity contribution in [3.05, 3.63) is 108 Å². The van der Waals surface area contributed by atoms with Crippen molar-refractivity contribution in [1.29, 1.82) is 0 Å². The minimum absolute atomic E-state index is 0.217. The molecule has 2 N–H and O–H groups in total. The largest absolute Gasteiger partial charge is 0.494 e. The number of carbonyl (C=O) groups excluding carboxylic acids is 2. The molecule has 0 saturated carbocycles. The summed E-state index contributed by atoms with van der Waals surface area (Å²) in [6.07, 6.45) is 1.91. The fourth-order valence-electron chi connectivity index (χ4n) is 4.03. The van der Waals surface area contributed by atoms with Crippen LogP contribution in [0, 0.1) is 11.8 Å². The number of hydrogen-bond donors (Lipinski definition) is 2. The van der Waals surface area contributed by atoms with Crippen molar-refractivity contribution in [3.63, 3.8) is 0 Å². The number of rotatable bonds is 14. The van der Waals surface area contributed by atoms with E-state index >= 15 is 0 Å². The Labute approximate surface area is 254 Å². The van der Waals surface area contributed by atoms with Gasteiger partial charge in [-0.2, -0.15) is 0 Å². The van der Waals surface area contributed by atoms with Crippen LogP contribution in [0.5, 0.6) is 23.0 Å². The van der Waals surface area contributed by atoms with Crippen molar-refractivity contribution < 1.29 is 23.8 Å². The average molecular weight is 581 g/mol. The predicted octanol–water partition coefficient (Wildman–Crippen LogP) is 8.83. The van der Waals surface area contributed by atoms with Gasteiger partial charge >= 0.3 is 0 Å². The van der Waals surface area contributed by atoms with Crippen LogP contribution in [0.3, 0.4) is 0 Å². The number of amides is 2. The Hall–Kier alpha value is -4.78. The smallest absolute Gasteiger partial charge is 0.255 e. The van der Waals surface area contributed by atoms with Gasteiger partial charge in [-0.05, 0) is 110 Å². The van der Waals surface area contributed by atoms with Gasteiger partial charge in [-0.25, -0.2) is 0 Å². The van der Waals surface area contributed by atoms with Crippen molar-refractivity contribution in [2.45, 2.75) is 40.5 Å². The summed E-state index contributed by atoms with van der Waals surface area (Å²) >= 11 is 0.